The molecule has 106 valence electrons. The number of halogens is 1. The van der Waals surface area contributed by atoms with Crippen LogP contribution in [0.1, 0.15) is 33.3 Å². The topological polar surface area (TPSA) is 44.5 Å². The molecular weight excluding hydrogens is 260 g/mol. The van der Waals surface area contributed by atoms with E-state index in [1.165, 1.54) is 5.56 Å². The van der Waals surface area contributed by atoms with E-state index in [1.807, 2.05) is 12.1 Å². The van der Waals surface area contributed by atoms with Gasteiger partial charge in [0, 0.05) is 5.69 Å². The van der Waals surface area contributed by atoms with Gasteiger partial charge in [-0.05, 0) is 58.1 Å². The quantitative estimate of drug-likeness (QED) is 0.683. The van der Waals surface area contributed by atoms with Gasteiger partial charge in [-0.3, -0.25) is 0 Å². The van der Waals surface area contributed by atoms with E-state index in [9.17, 15) is 0 Å². The molecule has 19 heavy (non-hydrogen) atoms. The van der Waals surface area contributed by atoms with Gasteiger partial charge < -0.3 is 15.0 Å². The third kappa shape index (κ3) is 3.65. The molecular formula is C14H23BClNO2. The van der Waals surface area contributed by atoms with Gasteiger partial charge in [0.2, 0.25) is 0 Å². The lowest BCUT2D eigenvalue weighted by Crippen LogP contribution is -2.41. The average Bonchev–Trinajstić information content (AvgIpc) is 2.47. The van der Waals surface area contributed by atoms with Gasteiger partial charge in [0.15, 0.2) is 0 Å². The van der Waals surface area contributed by atoms with Crippen molar-refractivity contribution < 1.29 is 9.31 Å². The lowest BCUT2D eigenvalue weighted by Gasteiger charge is -2.32. The second-order valence-electron chi connectivity index (χ2n) is 5.97. The minimum absolute atomic E-state index is 0. The minimum Gasteiger partial charge on any atom is -0.403 e. The van der Waals surface area contributed by atoms with Gasteiger partial charge >= 0.3 is 7.12 Å². The van der Waals surface area contributed by atoms with Gasteiger partial charge in [-0.1, -0.05) is 12.1 Å². The first kappa shape index (κ1) is 16.3. The second kappa shape index (κ2) is 5.74. The molecule has 1 fully saturated rings. The Hall–Kier alpha value is -0.705. The summed E-state index contributed by atoms with van der Waals surface area (Å²) >= 11 is 0. The SMILES string of the molecule is CC1(C)OB(CCc2ccc(N)cc2)OC1(C)C.Cl. The number of nitrogens with two attached hydrogens (primary N) is 1. The Balaban J connectivity index is 0.00000180. The molecule has 2 N–H and O–H groups in total. The van der Waals surface area contributed by atoms with Crippen LogP contribution in [0.25, 0.3) is 0 Å². The molecule has 1 aromatic carbocycles. The number of hydrogen-bond donors (Lipinski definition) is 1. The maximum atomic E-state index is 5.96. The number of benzene rings is 1. The van der Waals surface area contributed by atoms with Gasteiger partial charge in [0.1, 0.15) is 0 Å². The van der Waals surface area contributed by atoms with E-state index >= 15 is 0 Å². The van der Waals surface area contributed by atoms with Crippen molar-refractivity contribution in [2.75, 3.05) is 5.73 Å². The Morgan fingerprint density at radius 1 is 1.00 bits per heavy atom. The van der Waals surface area contributed by atoms with Crippen molar-refractivity contribution in [3.8, 4) is 0 Å². The zero-order valence-electron chi connectivity index (χ0n) is 12.1. The number of rotatable bonds is 3. The van der Waals surface area contributed by atoms with Crippen LogP contribution in [0.15, 0.2) is 24.3 Å². The molecule has 1 aromatic rings. The van der Waals surface area contributed by atoms with E-state index in [0.717, 1.165) is 18.4 Å². The highest BCUT2D eigenvalue weighted by Gasteiger charge is 2.50. The van der Waals surface area contributed by atoms with Crippen LogP contribution in [0, 0.1) is 0 Å². The first-order valence-corrected chi connectivity index (χ1v) is 6.50. The Morgan fingerprint density at radius 3 is 1.95 bits per heavy atom. The highest BCUT2D eigenvalue weighted by molar-refractivity contribution is 6.45. The third-order valence-corrected chi connectivity index (χ3v) is 3.95. The van der Waals surface area contributed by atoms with E-state index in [4.69, 9.17) is 15.0 Å². The van der Waals surface area contributed by atoms with Crippen LogP contribution in [0.2, 0.25) is 6.32 Å². The molecule has 0 radical (unpaired) electrons. The fraction of sp³-hybridized carbons (Fsp3) is 0.571. The molecule has 5 heteroatoms. The lowest BCUT2D eigenvalue weighted by atomic mass is 9.81. The van der Waals surface area contributed by atoms with Gasteiger partial charge in [0.25, 0.3) is 0 Å². The summed E-state index contributed by atoms with van der Waals surface area (Å²) in [6.45, 7) is 8.32. The summed E-state index contributed by atoms with van der Waals surface area (Å²) < 4.78 is 11.9. The molecule has 1 aliphatic rings. The molecule has 0 atom stereocenters. The molecule has 0 spiro atoms. The molecule has 3 nitrogen and oxygen atoms in total. The Bertz CT molecular complexity index is 404. The predicted octanol–water partition coefficient (Wildman–Crippen LogP) is 3.33. The molecule has 2 rings (SSSR count). The van der Waals surface area contributed by atoms with Crippen LogP contribution < -0.4 is 5.73 Å². The van der Waals surface area contributed by atoms with E-state index in [0.29, 0.717) is 0 Å². The average molecular weight is 284 g/mol. The van der Waals surface area contributed by atoms with E-state index < -0.39 is 0 Å². The van der Waals surface area contributed by atoms with Crippen LogP contribution in [-0.4, -0.2) is 18.3 Å². The highest BCUT2D eigenvalue weighted by atomic mass is 35.5. The second-order valence-corrected chi connectivity index (χ2v) is 5.97. The van der Waals surface area contributed by atoms with Crippen molar-refractivity contribution in [1.82, 2.24) is 0 Å². The van der Waals surface area contributed by atoms with E-state index in [-0.39, 0.29) is 30.7 Å². The smallest absolute Gasteiger partial charge is 0.403 e. The summed E-state index contributed by atoms with van der Waals surface area (Å²) in [5, 5.41) is 0. The van der Waals surface area contributed by atoms with E-state index in [1.54, 1.807) is 0 Å². The number of nitrogen functional groups attached to an aromatic ring is 1. The maximum Gasteiger partial charge on any atom is 0.458 e. The minimum atomic E-state index is -0.237. The molecule has 1 saturated heterocycles. The molecule has 0 saturated carbocycles. The van der Waals surface area contributed by atoms with Crippen LogP contribution in [0.5, 0.6) is 0 Å². The molecule has 0 bridgehead atoms. The first-order chi connectivity index (χ1) is 8.30. The highest BCUT2D eigenvalue weighted by Crippen LogP contribution is 2.37. The fourth-order valence-corrected chi connectivity index (χ4v) is 2.05. The number of aryl methyl sites for hydroxylation is 1. The molecule has 1 aliphatic heterocycles. The summed E-state index contributed by atoms with van der Waals surface area (Å²) in [4.78, 5) is 0. The standard InChI is InChI=1S/C14H22BNO2.ClH/c1-13(2)14(3,4)18-15(17-13)10-9-11-5-7-12(16)8-6-11;/h5-8H,9-10,16H2,1-4H3;1H. The van der Waals surface area contributed by atoms with Crippen molar-refractivity contribution in [3.05, 3.63) is 29.8 Å². The van der Waals surface area contributed by atoms with Crippen molar-refractivity contribution in [2.45, 2.75) is 51.6 Å². The largest absolute Gasteiger partial charge is 0.458 e. The number of hydrogen-bond acceptors (Lipinski definition) is 3. The van der Waals surface area contributed by atoms with Crippen molar-refractivity contribution in [2.24, 2.45) is 0 Å². The van der Waals surface area contributed by atoms with Gasteiger partial charge in [-0.15, -0.1) is 12.4 Å². The first-order valence-electron chi connectivity index (χ1n) is 6.50. The zero-order valence-corrected chi connectivity index (χ0v) is 12.9. The van der Waals surface area contributed by atoms with Crippen molar-refractivity contribution in [3.63, 3.8) is 0 Å². The monoisotopic (exact) mass is 283 g/mol. The molecule has 1 heterocycles. The van der Waals surface area contributed by atoms with Gasteiger partial charge in [-0.25, -0.2) is 0 Å². The summed E-state index contributed by atoms with van der Waals surface area (Å²) in [5.74, 6) is 0. The molecule has 0 amide bonds. The lowest BCUT2D eigenvalue weighted by molar-refractivity contribution is 0.00578. The van der Waals surface area contributed by atoms with Crippen LogP contribution in [0.4, 0.5) is 5.69 Å². The van der Waals surface area contributed by atoms with Crippen LogP contribution in [0.3, 0.4) is 0 Å². The summed E-state index contributed by atoms with van der Waals surface area (Å²) in [6, 6.07) is 7.97. The Labute approximate surface area is 122 Å². The molecule has 0 unspecified atom stereocenters. The van der Waals surface area contributed by atoms with Crippen LogP contribution >= 0.6 is 12.4 Å². The fourth-order valence-electron chi connectivity index (χ4n) is 2.05. The summed E-state index contributed by atoms with van der Waals surface area (Å²) in [6.07, 6.45) is 1.81. The van der Waals surface area contributed by atoms with Gasteiger partial charge in [-0.2, -0.15) is 0 Å². The Kier molecular flexibility index (Phi) is 4.94. The number of anilines is 1. The van der Waals surface area contributed by atoms with E-state index in [2.05, 4.69) is 39.8 Å². The maximum absolute atomic E-state index is 5.96. The Morgan fingerprint density at radius 2 is 1.47 bits per heavy atom. The summed E-state index contributed by atoms with van der Waals surface area (Å²) in [5.41, 5.74) is 7.26. The molecule has 0 aromatic heterocycles. The zero-order chi connectivity index (χ0) is 13.4. The van der Waals surface area contributed by atoms with Crippen LogP contribution in [-0.2, 0) is 15.7 Å². The summed E-state index contributed by atoms with van der Waals surface area (Å²) in [7, 11) is -0.118. The van der Waals surface area contributed by atoms with Crippen molar-refractivity contribution in [1.29, 1.82) is 0 Å². The third-order valence-electron chi connectivity index (χ3n) is 3.95. The van der Waals surface area contributed by atoms with Crippen molar-refractivity contribution >= 4 is 25.2 Å². The predicted molar refractivity (Wildman–Crippen MR) is 82.7 cm³/mol. The van der Waals surface area contributed by atoms with Gasteiger partial charge in [0.05, 0.1) is 11.2 Å². The molecule has 0 aliphatic carbocycles. The normalized spacial score (nSPS) is 20.1.